The number of allylic oxidation sites excluding steroid dienone is 1. The number of ether oxygens (including phenoxy) is 3. The van der Waals surface area contributed by atoms with Crippen molar-refractivity contribution in [3.05, 3.63) is 11.6 Å². The Bertz CT molecular complexity index is 809. The molecule has 1 saturated heterocycles. The van der Waals surface area contributed by atoms with Gasteiger partial charge in [-0.15, -0.1) is 0 Å². The molecule has 11 heteroatoms. The number of carbonyl (C=O) groups excluding carboxylic acids is 2. The van der Waals surface area contributed by atoms with Crippen LogP contribution in [0.5, 0.6) is 0 Å². The van der Waals surface area contributed by atoms with Crippen molar-refractivity contribution in [1.82, 2.24) is 0 Å². The molecule has 2 aliphatic carbocycles. The van der Waals surface area contributed by atoms with Gasteiger partial charge in [-0.25, -0.2) is 0 Å². The molecule has 3 rings (SSSR count). The molecule has 0 aromatic carbocycles. The molecule has 0 spiro atoms. The average Bonchev–Trinajstić information content (AvgIpc) is 3.22. The summed E-state index contributed by atoms with van der Waals surface area (Å²) in [6.07, 6.45) is -14.5. The lowest BCUT2D eigenvalue weighted by Gasteiger charge is -2.42. The molecule has 0 aromatic heterocycles. The van der Waals surface area contributed by atoms with Gasteiger partial charge < -0.3 is 14.2 Å². The summed E-state index contributed by atoms with van der Waals surface area (Å²) in [5, 5.41) is 0. The average molecular weight is 486 g/mol. The second kappa shape index (κ2) is 8.16. The van der Waals surface area contributed by atoms with Crippen molar-refractivity contribution in [2.75, 3.05) is 6.61 Å². The highest BCUT2D eigenvalue weighted by atomic mass is 19.4. The van der Waals surface area contributed by atoms with E-state index in [1.807, 2.05) is 0 Å². The van der Waals surface area contributed by atoms with Crippen LogP contribution in [-0.4, -0.2) is 49.2 Å². The lowest BCUT2D eigenvalue weighted by molar-refractivity contribution is -0.326. The van der Waals surface area contributed by atoms with Gasteiger partial charge in [0.05, 0.1) is 12.5 Å². The number of alkyl halides is 6. The molecular formula is C22H28F6O5. The molecule has 3 aliphatic rings. The summed E-state index contributed by atoms with van der Waals surface area (Å²) in [5.74, 6) is -1.86. The lowest BCUT2D eigenvalue weighted by Crippen LogP contribution is -2.52. The van der Waals surface area contributed by atoms with E-state index in [9.17, 15) is 35.9 Å². The summed E-state index contributed by atoms with van der Waals surface area (Å²) in [4.78, 5) is 25.5. The van der Waals surface area contributed by atoms with Gasteiger partial charge in [0, 0.05) is 11.8 Å². The second-order valence-electron chi connectivity index (χ2n) is 10.5. The van der Waals surface area contributed by atoms with Crippen LogP contribution in [0.25, 0.3) is 0 Å². The summed E-state index contributed by atoms with van der Waals surface area (Å²) in [6, 6.07) is 0. The van der Waals surface area contributed by atoms with E-state index in [-0.39, 0.29) is 23.7 Å². The van der Waals surface area contributed by atoms with Crippen LogP contribution in [0.4, 0.5) is 26.3 Å². The summed E-state index contributed by atoms with van der Waals surface area (Å²) < 4.78 is 94.1. The minimum Gasteiger partial charge on any atom is -0.458 e. The van der Waals surface area contributed by atoms with Gasteiger partial charge in [0.2, 0.25) is 6.10 Å². The Kier molecular flexibility index (Phi) is 6.39. The van der Waals surface area contributed by atoms with Crippen molar-refractivity contribution in [3.8, 4) is 0 Å². The van der Waals surface area contributed by atoms with E-state index in [0.29, 0.717) is 18.4 Å². The molecule has 188 valence electrons. The second-order valence-corrected chi connectivity index (χ2v) is 10.5. The van der Waals surface area contributed by atoms with Crippen molar-refractivity contribution in [3.63, 3.8) is 0 Å². The molecule has 33 heavy (non-hydrogen) atoms. The monoisotopic (exact) mass is 486 g/mol. The van der Waals surface area contributed by atoms with Gasteiger partial charge in [0.1, 0.15) is 17.6 Å². The van der Waals surface area contributed by atoms with Crippen molar-refractivity contribution >= 4 is 11.9 Å². The Hall–Kier alpha value is -1.78. The molecule has 2 saturated carbocycles. The molecule has 1 aliphatic heterocycles. The number of rotatable bonds is 6. The molecule has 0 aromatic rings. The first-order chi connectivity index (χ1) is 14.9. The van der Waals surface area contributed by atoms with E-state index in [2.05, 4.69) is 4.74 Å². The van der Waals surface area contributed by atoms with Gasteiger partial charge in [0.15, 0.2) is 0 Å². The predicted octanol–water partition coefficient (Wildman–Crippen LogP) is 4.99. The molecule has 0 amide bonds. The highest BCUT2D eigenvalue weighted by Crippen LogP contribution is 2.56. The number of esters is 2. The largest absolute Gasteiger partial charge is 0.458 e. The first-order valence-electron chi connectivity index (χ1n) is 10.7. The van der Waals surface area contributed by atoms with E-state index < -0.39 is 54.1 Å². The topological polar surface area (TPSA) is 61.8 Å². The van der Waals surface area contributed by atoms with Crippen molar-refractivity contribution in [2.24, 2.45) is 28.6 Å². The molecule has 6 unspecified atom stereocenters. The Morgan fingerprint density at radius 2 is 1.67 bits per heavy atom. The normalized spacial score (nSPS) is 30.9. The molecule has 6 atom stereocenters. The van der Waals surface area contributed by atoms with Crippen LogP contribution >= 0.6 is 0 Å². The molecule has 5 nitrogen and oxygen atoms in total. The predicted molar refractivity (Wildman–Crippen MR) is 103 cm³/mol. The van der Waals surface area contributed by atoms with Gasteiger partial charge >= 0.3 is 24.3 Å². The molecule has 0 N–H and O–H groups in total. The molecular weight excluding hydrogens is 458 g/mol. The molecule has 1 heterocycles. The first kappa shape index (κ1) is 25.8. The van der Waals surface area contributed by atoms with Gasteiger partial charge in [-0.2, -0.15) is 26.3 Å². The van der Waals surface area contributed by atoms with E-state index >= 15 is 0 Å². The highest BCUT2D eigenvalue weighted by molar-refractivity contribution is 5.81. The van der Waals surface area contributed by atoms with Crippen LogP contribution in [0.3, 0.4) is 0 Å². The van der Waals surface area contributed by atoms with E-state index in [0.717, 1.165) is 0 Å². The minimum absolute atomic E-state index is 0.0936. The van der Waals surface area contributed by atoms with Gasteiger partial charge in [-0.3, -0.25) is 9.59 Å². The molecule has 3 fully saturated rings. The van der Waals surface area contributed by atoms with Crippen LogP contribution in [0.15, 0.2) is 11.6 Å². The number of hydrogen-bond donors (Lipinski definition) is 0. The number of carbonyl (C=O) groups is 2. The zero-order chi connectivity index (χ0) is 25.1. The summed E-state index contributed by atoms with van der Waals surface area (Å²) >= 11 is 0. The Morgan fingerprint density at radius 1 is 1.09 bits per heavy atom. The fourth-order valence-electron chi connectivity index (χ4n) is 5.27. The van der Waals surface area contributed by atoms with Crippen molar-refractivity contribution in [1.29, 1.82) is 0 Å². The minimum atomic E-state index is -5.71. The third-order valence-corrected chi connectivity index (χ3v) is 6.97. The quantitative estimate of drug-likeness (QED) is 0.301. The number of hydrogen-bond acceptors (Lipinski definition) is 5. The van der Waals surface area contributed by atoms with Gasteiger partial charge in [0.25, 0.3) is 0 Å². The van der Waals surface area contributed by atoms with Crippen LogP contribution < -0.4 is 0 Å². The number of halogens is 6. The van der Waals surface area contributed by atoms with E-state index in [1.165, 1.54) is 26.8 Å². The first-order valence-corrected chi connectivity index (χ1v) is 10.7. The Balaban J connectivity index is 1.92. The maximum absolute atomic E-state index is 13.5. The van der Waals surface area contributed by atoms with Gasteiger partial charge in [-0.05, 0) is 32.1 Å². The Labute approximate surface area is 187 Å². The molecule has 0 radical (unpaired) electrons. The smallest absolute Gasteiger partial charge is 0.423 e. The summed E-state index contributed by atoms with van der Waals surface area (Å²) in [5.41, 5.74) is -2.64. The zero-order valence-corrected chi connectivity index (χ0v) is 19.0. The third kappa shape index (κ3) is 4.61. The third-order valence-electron chi connectivity index (χ3n) is 6.97. The van der Waals surface area contributed by atoms with E-state index in [1.54, 1.807) is 13.8 Å². The van der Waals surface area contributed by atoms with Crippen LogP contribution in [0.1, 0.15) is 47.5 Å². The van der Waals surface area contributed by atoms with Crippen molar-refractivity contribution < 1.29 is 50.1 Å². The molecule has 2 bridgehead atoms. The summed E-state index contributed by atoms with van der Waals surface area (Å²) in [7, 11) is 0. The maximum Gasteiger partial charge on any atom is 0.423 e. The van der Waals surface area contributed by atoms with Gasteiger partial charge in [-0.1, -0.05) is 32.4 Å². The lowest BCUT2D eigenvalue weighted by atomic mass is 9.66. The SMILES string of the molecule is CC(C)=CC(COC(C(F)(F)F)C(F)(F)F)(C(=O)OC1C2CC3C(=O)OC1C3C2)C(C)(C)C. The number of fused-ring (bicyclic) bond motifs is 1. The fraction of sp³-hybridized carbons (Fsp3) is 0.818. The van der Waals surface area contributed by atoms with Crippen LogP contribution in [0.2, 0.25) is 0 Å². The van der Waals surface area contributed by atoms with Crippen molar-refractivity contribution in [2.45, 2.75) is 78.1 Å². The zero-order valence-electron chi connectivity index (χ0n) is 19.0. The maximum atomic E-state index is 13.5. The fourth-order valence-corrected chi connectivity index (χ4v) is 5.27. The summed E-state index contributed by atoms with van der Waals surface area (Å²) in [6.45, 7) is 6.48. The van der Waals surface area contributed by atoms with Crippen LogP contribution in [0, 0.1) is 28.6 Å². The van der Waals surface area contributed by atoms with E-state index in [4.69, 9.17) is 9.47 Å². The highest BCUT2D eigenvalue weighted by Gasteiger charge is 2.65. The van der Waals surface area contributed by atoms with Crippen LogP contribution in [-0.2, 0) is 23.8 Å². The standard InChI is InChI=1S/C22H28F6O5/c1-10(2)8-20(19(3,4)5,9-31-17(21(23,24)25)22(26,27)28)18(30)33-14-11-6-12-13(7-11)16(29)32-15(12)14/h8,11-15,17H,6-7,9H2,1-5H3. The Morgan fingerprint density at radius 3 is 2.15 bits per heavy atom.